The number of nitrogens with zero attached hydrogens (tertiary/aromatic N) is 1. The predicted octanol–water partition coefficient (Wildman–Crippen LogP) is 2.33. The van der Waals surface area contributed by atoms with Crippen LogP contribution in [-0.2, 0) is 15.7 Å². The van der Waals surface area contributed by atoms with Crippen LogP contribution in [0.15, 0.2) is 12.1 Å². The van der Waals surface area contributed by atoms with Crippen molar-refractivity contribution in [1.29, 1.82) is 0 Å². The van der Waals surface area contributed by atoms with E-state index in [0.717, 1.165) is 5.69 Å². The highest BCUT2D eigenvalue weighted by Crippen LogP contribution is 2.18. The number of hydrogen-bond donors (Lipinski definition) is 0. The smallest absolute Gasteiger partial charge is 0.153 e. The van der Waals surface area contributed by atoms with Gasteiger partial charge in [0.25, 0.3) is 0 Å². The summed E-state index contributed by atoms with van der Waals surface area (Å²) in [7, 11) is -3.01. The summed E-state index contributed by atoms with van der Waals surface area (Å²) in [6.07, 6.45) is 0.626. The van der Waals surface area contributed by atoms with Gasteiger partial charge in [-0.25, -0.2) is 8.42 Å². The van der Waals surface area contributed by atoms with Crippen molar-refractivity contribution < 1.29 is 13.2 Å². The molecule has 0 fully saturated rings. The summed E-state index contributed by atoms with van der Waals surface area (Å²) >= 11 is 5.76. The minimum absolute atomic E-state index is 0.0242. The Morgan fingerprint density at radius 2 is 2.06 bits per heavy atom. The number of aryl methyl sites for hydroxylation is 1. The van der Waals surface area contributed by atoms with Gasteiger partial charge in [0.05, 0.1) is 23.1 Å². The highest BCUT2D eigenvalue weighted by Gasteiger charge is 2.11. The van der Waals surface area contributed by atoms with Crippen LogP contribution in [0.3, 0.4) is 0 Å². The standard InChI is InChI=1S/C12H18ClNO3S/c1-3-7-18(15,16)8-6-17-12-5-4-10(2)14-11(12)9-13/h4-5H,3,6-9H2,1-2H3. The fourth-order valence-corrected chi connectivity index (χ4v) is 2.87. The normalized spacial score (nSPS) is 11.5. The Bertz CT molecular complexity index is 488. The highest BCUT2D eigenvalue weighted by molar-refractivity contribution is 7.91. The van der Waals surface area contributed by atoms with Gasteiger partial charge in [-0.15, -0.1) is 11.6 Å². The van der Waals surface area contributed by atoms with Gasteiger partial charge in [0.1, 0.15) is 12.4 Å². The van der Waals surface area contributed by atoms with Crippen LogP contribution in [0.4, 0.5) is 0 Å². The molecule has 0 amide bonds. The molecule has 1 rings (SSSR count). The first-order valence-corrected chi connectivity index (χ1v) is 8.20. The second kappa shape index (κ2) is 6.95. The molecule has 0 radical (unpaired) electrons. The van der Waals surface area contributed by atoms with Crippen LogP contribution < -0.4 is 4.74 Å². The van der Waals surface area contributed by atoms with Crippen LogP contribution in [0, 0.1) is 6.92 Å². The third kappa shape index (κ3) is 4.82. The average molecular weight is 292 g/mol. The SMILES string of the molecule is CCCS(=O)(=O)CCOc1ccc(C)nc1CCl. The monoisotopic (exact) mass is 291 g/mol. The fourth-order valence-electron chi connectivity index (χ4n) is 1.52. The molecule has 0 saturated heterocycles. The van der Waals surface area contributed by atoms with Crippen LogP contribution in [0.5, 0.6) is 5.75 Å². The van der Waals surface area contributed by atoms with Crippen molar-refractivity contribution in [1.82, 2.24) is 4.98 Å². The summed E-state index contributed by atoms with van der Waals surface area (Å²) in [5.74, 6) is 1.03. The maximum absolute atomic E-state index is 11.5. The number of ether oxygens (including phenoxy) is 1. The van der Waals surface area contributed by atoms with E-state index >= 15 is 0 Å². The topological polar surface area (TPSA) is 56.3 Å². The van der Waals surface area contributed by atoms with Crippen LogP contribution in [0.1, 0.15) is 24.7 Å². The predicted molar refractivity (Wildman–Crippen MR) is 73.0 cm³/mol. The second-order valence-corrected chi connectivity index (χ2v) is 6.60. The maximum Gasteiger partial charge on any atom is 0.153 e. The lowest BCUT2D eigenvalue weighted by atomic mass is 10.3. The summed E-state index contributed by atoms with van der Waals surface area (Å²) in [5.41, 5.74) is 1.50. The van der Waals surface area contributed by atoms with Crippen LogP contribution >= 0.6 is 11.6 Å². The zero-order chi connectivity index (χ0) is 13.6. The molecule has 1 aromatic heterocycles. The maximum atomic E-state index is 11.5. The van der Waals surface area contributed by atoms with E-state index in [4.69, 9.17) is 16.3 Å². The lowest BCUT2D eigenvalue weighted by molar-refractivity contribution is 0.336. The first-order chi connectivity index (χ1) is 8.48. The molecule has 0 aliphatic heterocycles. The van der Waals surface area contributed by atoms with E-state index in [-0.39, 0.29) is 24.0 Å². The van der Waals surface area contributed by atoms with Crippen molar-refractivity contribution in [3.8, 4) is 5.75 Å². The van der Waals surface area contributed by atoms with E-state index in [1.165, 1.54) is 0 Å². The van der Waals surface area contributed by atoms with Gasteiger partial charge in [0.15, 0.2) is 9.84 Å². The Labute approximate surface area is 113 Å². The lowest BCUT2D eigenvalue weighted by Gasteiger charge is -2.10. The van der Waals surface area contributed by atoms with Crippen molar-refractivity contribution in [2.45, 2.75) is 26.1 Å². The molecule has 18 heavy (non-hydrogen) atoms. The highest BCUT2D eigenvalue weighted by atomic mass is 35.5. The Balaban J connectivity index is 2.59. The molecule has 0 unspecified atom stereocenters. The van der Waals surface area contributed by atoms with Gasteiger partial charge in [-0.1, -0.05) is 6.92 Å². The van der Waals surface area contributed by atoms with E-state index in [9.17, 15) is 8.42 Å². The van der Waals surface area contributed by atoms with Gasteiger partial charge < -0.3 is 4.74 Å². The number of aromatic nitrogens is 1. The lowest BCUT2D eigenvalue weighted by Crippen LogP contribution is -2.17. The zero-order valence-corrected chi connectivity index (χ0v) is 12.2. The Morgan fingerprint density at radius 3 is 2.67 bits per heavy atom. The summed E-state index contributed by atoms with van der Waals surface area (Å²) in [6, 6.07) is 3.58. The summed E-state index contributed by atoms with van der Waals surface area (Å²) in [5, 5.41) is 0. The first kappa shape index (κ1) is 15.2. The molecule has 0 aromatic carbocycles. The van der Waals surface area contributed by atoms with Gasteiger partial charge in [-0.2, -0.15) is 0 Å². The number of alkyl halides is 1. The van der Waals surface area contributed by atoms with Crippen LogP contribution in [0.2, 0.25) is 0 Å². The van der Waals surface area contributed by atoms with Gasteiger partial charge in [-0.05, 0) is 25.5 Å². The third-order valence-electron chi connectivity index (χ3n) is 2.37. The molecule has 0 aliphatic carbocycles. The Morgan fingerprint density at radius 1 is 1.33 bits per heavy atom. The van der Waals surface area contributed by atoms with Gasteiger partial charge >= 0.3 is 0 Å². The minimum atomic E-state index is -3.01. The summed E-state index contributed by atoms with van der Waals surface area (Å²) in [6.45, 7) is 3.84. The second-order valence-electron chi connectivity index (χ2n) is 4.03. The molecule has 1 heterocycles. The van der Waals surface area contributed by atoms with E-state index in [1.54, 1.807) is 6.07 Å². The van der Waals surface area contributed by atoms with Crippen LogP contribution in [0.25, 0.3) is 0 Å². The van der Waals surface area contributed by atoms with Crippen molar-refractivity contribution in [2.24, 2.45) is 0 Å². The number of hydrogen-bond acceptors (Lipinski definition) is 4. The molecule has 4 nitrogen and oxygen atoms in total. The van der Waals surface area contributed by atoms with E-state index < -0.39 is 9.84 Å². The van der Waals surface area contributed by atoms with E-state index in [1.807, 2.05) is 19.9 Å². The summed E-state index contributed by atoms with van der Waals surface area (Å²) in [4.78, 5) is 4.24. The number of rotatable bonds is 7. The molecular formula is C12H18ClNO3S. The quantitative estimate of drug-likeness (QED) is 0.724. The summed E-state index contributed by atoms with van der Waals surface area (Å²) < 4.78 is 28.5. The van der Waals surface area contributed by atoms with E-state index in [2.05, 4.69) is 4.98 Å². The van der Waals surface area contributed by atoms with Gasteiger partial charge in [-0.3, -0.25) is 4.98 Å². The molecule has 0 N–H and O–H groups in total. The van der Waals surface area contributed by atoms with Crippen molar-refractivity contribution in [3.63, 3.8) is 0 Å². The van der Waals surface area contributed by atoms with Crippen molar-refractivity contribution >= 4 is 21.4 Å². The Kier molecular flexibility index (Phi) is 5.88. The van der Waals surface area contributed by atoms with E-state index in [0.29, 0.717) is 17.9 Å². The van der Waals surface area contributed by atoms with Crippen molar-refractivity contribution in [3.05, 3.63) is 23.5 Å². The van der Waals surface area contributed by atoms with Gasteiger partial charge in [0.2, 0.25) is 0 Å². The molecular weight excluding hydrogens is 274 g/mol. The van der Waals surface area contributed by atoms with Gasteiger partial charge in [0, 0.05) is 5.69 Å². The average Bonchev–Trinajstić information content (AvgIpc) is 2.30. The molecule has 0 saturated carbocycles. The number of sulfone groups is 1. The molecule has 0 atom stereocenters. The molecule has 102 valence electrons. The number of pyridine rings is 1. The van der Waals surface area contributed by atoms with Crippen molar-refractivity contribution in [2.75, 3.05) is 18.1 Å². The molecule has 1 aromatic rings. The molecule has 0 bridgehead atoms. The third-order valence-corrected chi connectivity index (χ3v) is 4.44. The Hall–Kier alpha value is -0.810. The minimum Gasteiger partial charge on any atom is -0.491 e. The number of halogens is 1. The molecule has 0 aliphatic rings. The zero-order valence-electron chi connectivity index (χ0n) is 10.6. The fraction of sp³-hybridized carbons (Fsp3) is 0.583. The first-order valence-electron chi connectivity index (χ1n) is 5.84. The largest absolute Gasteiger partial charge is 0.491 e. The molecule has 0 spiro atoms. The molecule has 6 heteroatoms. The van der Waals surface area contributed by atoms with Crippen LogP contribution in [-0.4, -0.2) is 31.5 Å².